The highest BCUT2D eigenvalue weighted by Gasteiger charge is 2.19. The van der Waals surface area contributed by atoms with Gasteiger partial charge in [-0.25, -0.2) is 0 Å². The van der Waals surface area contributed by atoms with Crippen molar-refractivity contribution in [3.8, 4) is 22.6 Å². The highest BCUT2D eigenvalue weighted by Crippen LogP contribution is 2.30. The van der Waals surface area contributed by atoms with Crippen molar-refractivity contribution >= 4 is 21.1 Å². The summed E-state index contributed by atoms with van der Waals surface area (Å²) in [6.45, 7) is 0. The van der Waals surface area contributed by atoms with E-state index in [9.17, 15) is 22.9 Å². The molecule has 1 aromatic heterocycles. The molecular weight excluding hydrogens is 336 g/mol. The smallest absolute Gasteiger partial charge is 0.298 e. The summed E-state index contributed by atoms with van der Waals surface area (Å²) in [5, 5.41) is 9.86. The van der Waals surface area contributed by atoms with Gasteiger partial charge in [0, 0.05) is 0 Å². The van der Waals surface area contributed by atoms with Crippen molar-refractivity contribution < 1.29 is 27.2 Å². The first-order valence-electron chi connectivity index (χ1n) is 6.72. The van der Waals surface area contributed by atoms with Crippen molar-refractivity contribution in [3.05, 3.63) is 52.9 Å². The molecule has 0 unspecified atom stereocenters. The lowest BCUT2D eigenvalue weighted by Crippen LogP contribution is -2.07. The fourth-order valence-corrected chi connectivity index (χ4v) is 3.08. The third-order valence-electron chi connectivity index (χ3n) is 3.53. The molecule has 124 valence electrons. The van der Waals surface area contributed by atoms with Crippen LogP contribution in [0.4, 0.5) is 0 Å². The van der Waals surface area contributed by atoms with Crippen LogP contribution in [0.5, 0.6) is 11.5 Å². The van der Waals surface area contributed by atoms with Crippen molar-refractivity contribution in [2.45, 2.75) is 4.90 Å². The third kappa shape index (κ3) is 2.61. The Hall–Kier alpha value is -2.84. The monoisotopic (exact) mass is 348 g/mol. The molecule has 0 saturated carbocycles. The number of phenolic OH excluding ortho intramolecular Hbond substituents is 1. The first kappa shape index (κ1) is 16.0. The number of rotatable bonds is 3. The van der Waals surface area contributed by atoms with E-state index in [2.05, 4.69) is 0 Å². The van der Waals surface area contributed by atoms with Crippen molar-refractivity contribution in [3.63, 3.8) is 0 Å². The van der Waals surface area contributed by atoms with E-state index in [4.69, 9.17) is 9.15 Å². The molecule has 0 radical (unpaired) electrons. The minimum Gasteiger partial charge on any atom is -0.507 e. The lowest BCUT2D eigenvalue weighted by molar-refractivity contribution is 0.397. The lowest BCUT2D eigenvalue weighted by Gasteiger charge is -2.09. The summed E-state index contributed by atoms with van der Waals surface area (Å²) >= 11 is 0. The second kappa shape index (κ2) is 5.66. The molecule has 2 aromatic carbocycles. The number of benzene rings is 2. The SMILES string of the molecule is COc1ccc(-c2coc3cccc(O)c3c2=O)cc1S(=O)(=O)O. The largest absolute Gasteiger partial charge is 0.507 e. The summed E-state index contributed by atoms with van der Waals surface area (Å²) in [6.07, 6.45) is 1.17. The number of ether oxygens (including phenoxy) is 1. The molecule has 1 heterocycles. The van der Waals surface area contributed by atoms with Gasteiger partial charge in [0.05, 0.1) is 12.7 Å². The molecule has 0 saturated heterocycles. The molecular formula is C16H12O7S. The molecule has 3 aromatic rings. The topological polar surface area (TPSA) is 114 Å². The second-order valence-corrected chi connectivity index (χ2v) is 6.36. The van der Waals surface area contributed by atoms with Crippen molar-refractivity contribution in [1.29, 1.82) is 0 Å². The van der Waals surface area contributed by atoms with Gasteiger partial charge in [0.1, 0.15) is 33.6 Å². The fraction of sp³-hybridized carbons (Fsp3) is 0.0625. The summed E-state index contributed by atoms with van der Waals surface area (Å²) in [6, 6.07) is 8.27. The van der Waals surface area contributed by atoms with Gasteiger partial charge in [-0.3, -0.25) is 9.35 Å². The zero-order valence-electron chi connectivity index (χ0n) is 12.4. The molecule has 24 heavy (non-hydrogen) atoms. The van der Waals surface area contributed by atoms with Crippen LogP contribution in [-0.2, 0) is 10.1 Å². The average Bonchev–Trinajstić information content (AvgIpc) is 2.54. The van der Waals surface area contributed by atoms with Gasteiger partial charge in [0.15, 0.2) is 0 Å². The Kier molecular flexibility index (Phi) is 3.78. The molecule has 0 spiro atoms. The summed E-state index contributed by atoms with van der Waals surface area (Å²) in [5.41, 5.74) is -0.0908. The Morgan fingerprint density at radius 1 is 1.17 bits per heavy atom. The molecule has 0 amide bonds. The van der Waals surface area contributed by atoms with Crippen molar-refractivity contribution in [1.82, 2.24) is 0 Å². The maximum Gasteiger partial charge on any atom is 0.298 e. The number of aromatic hydroxyl groups is 1. The number of phenols is 1. The quantitative estimate of drug-likeness (QED) is 0.699. The van der Waals surface area contributed by atoms with E-state index < -0.39 is 20.4 Å². The van der Waals surface area contributed by atoms with Gasteiger partial charge < -0.3 is 14.3 Å². The van der Waals surface area contributed by atoms with Gasteiger partial charge in [0.2, 0.25) is 5.43 Å². The summed E-state index contributed by atoms with van der Waals surface area (Å²) < 4.78 is 42.5. The first-order valence-corrected chi connectivity index (χ1v) is 8.16. The molecule has 0 bridgehead atoms. The number of methoxy groups -OCH3 is 1. The van der Waals surface area contributed by atoms with Crippen LogP contribution in [0.25, 0.3) is 22.1 Å². The maximum atomic E-state index is 12.6. The highest BCUT2D eigenvalue weighted by molar-refractivity contribution is 7.86. The van der Waals surface area contributed by atoms with Gasteiger partial charge in [-0.15, -0.1) is 0 Å². The minimum absolute atomic E-state index is 0.0146. The predicted molar refractivity (Wildman–Crippen MR) is 86.0 cm³/mol. The lowest BCUT2D eigenvalue weighted by atomic mass is 10.1. The third-order valence-corrected chi connectivity index (χ3v) is 4.41. The van der Waals surface area contributed by atoms with Gasteiger partial charge >= 0.3 is 0 Å². The second-order valence-electron chi connectivity index (χ2n) is 4.97. The Bertz CT molecular complexity index is 1100. The van der Waals surface area contributed by atoms with Gasteiger partial charge in [-0.2, -0.15) is 8.42 Å². The summed E-state index contributed by atoms with van der Waals surface area (Å²) in [4.78, 5) is 12.1. The van der Waals surface area contributed by atoms with E-state index in [1.165, 1.54) is 43.7 Å². The van der Waals surface area contributed by atoms with Crippen LogP contribution in [0.1, 0.15) is 0 Å². The standard InChI is InChI=1S/C16H12O7S/c1-22-12-6-5-9(7-14(12)24(19,20)21)10-8-23-13-4-2-3-11(17)15(13)16(10)18/h2-8,17H,1H3,(H,19,20,21). The van der Waals surface area contributed by atoms with Crippen LogP contribution in [0.15, 0.2) is 56.8 Å². The Morgan fingerprint density at radius 2 is 1.92 bits per heavy atom. The van der Waals surface area contributed by atoms with Crippen molar-refractivity contribution in [2.24, 2.45) is 0 Å². The number of hydrogen-bond donors (Lipinski definition) is 2. The predicted octanol–water partition coefficient (Wildman–Crippen LogP) is 2.42. The molecule has 3 rings (SSSR count). The van der Waals surface area contributed by atoms with E-state index in [-0.39, 0.29) is 33.6 Å². The van der Waals surface area contributed by atoms with Crippen LogP contribution >= 0.6 is 0 Å². The molecule has 8 heteroatoms. The molecule has 0 fully saturated rings. The van der Waals surface area contributed by atoms with Gasteiger partial charge in [0.25, 0.3) is 10.1 Å². The zero-order valence-corrected chi connectivity index (χ0v) is 13.2. The summed E-state index contributed by atoms with van der Waals surface area (Å²) in [7, 11) is -3.29. The Morgan fingerprint density at radius 3 is 2.58 bits per heavy atom. The van der Waals surface area contributed by atoms with Crippen LogP contribution in [-0.4, -0.2) is 25.2 Å². The van der Waals surface area contributed by atoms with Crippen LogP contribution in [0.2, 0.25) is 0 Å². The fourth-order valence-electron chi connectivity index (χ4n) is 2.40. The Labute approximate surface area is 136 Å². The molecule has 0 atom stereocenters. The van der Waals surface area contributed by atoms with E-state index in [0.29, 0.717) is 0 Å². The molecule has 0 aliphatic rings. The minimum atomic E-state index is -4.55. The van der Waals surface area contributed by atoms with E-state index in [1.807, 2.05) is 0 Å². The number of fused-ring (bicyclic) bond motifs is 1. The van der Waals surface area contributed by atoms with E-state index in [0.717, 1.165) is 6.07 Å². The first-order chi connectivity index (χ1) is 11.3. The van der Waals surface area contributed by atoms with Crippen LogP contribution in [0.3, 0.4) is 0 Å². The van der Waals surface area contributed by atoms with Gasteiger partial charge in [-0.05, 0) is 29.8 Å². The maximum absolute atomic E-state index is 12.6. The van der Waals surface area contributed by atoms with E-state index >= 15 is 0 Å². The zero-order chi connectivity index (χ0) is 17.5. The van der Waals surface area contributed by atoms with Gasteiger partial charge in [-0.1, -0.05) is 12.1 Å². The molecule has 7 nitrogen and oxygen atoms in total. The highest BCUT2D eigenvalue weighted by atomic mass is 32.2. The van der Waals surface area contributed by atoms with E-state index in [1.54, 1.807) is 0 Å². The van der Waals surface area contributed by atoms with Crippen LogP contribution in [0, 0.1) is 0 Å². The van der Waals surface area contributed by atoms with Crippen molar-refractivity contribution in [2.75, 3.05) is 7.11 Å². The molecule has 0 aliphatic heterocycles. The molecule has 2 N–H and O–H groups in total. The Balaban J connectivity index is 2.31. The normalized spacial score (nSPS) is 11.6. The van der Waals surface area contributed by atoms with Crippen LogP contribution < -0.4 is 10.2 Å². The average molecular weight is 348 g/mol. The number of hydrogen-bond acceptors (Lipinski definition) is 6. The summed E-state index contributed by atoms with van der Waals surface area (Å²) in [5.74, 6) is -0.305. The molecule has 0 aliphatic carbocycles.